The average molecular weight is 239 g/mol. The van der Waals surface area contributed by atoms with Gasteiger partial charge in [-0.3, -0.25) is 0 Å². The van der Waals surface area contributed by atoms with E-state index < -0.39 is 5.60 Å². The van der Waals surface area contributed by atoms with Crippen LogP contribution in [0.15, 0.2) is 4.52 Å². The lowest BCUT2D eigenvalue weighted by Gasteiger charge is -2.21. The van der Waals surface area contributed by atoms with Crippen molar-refractivity contribution in [2.75, 3.05) is 7.11 Å². The van der Waals surface area contributed by atoms with Gasteiger partial charge >= 0.3 is 0 Å². The fraction of sp³-hybridized carbons (Fsp3) is 0.833. The summed E-state index contributed by atoms with van der Waals surface area (Å²) in [6.45, 7) is 4.02. The van der Waals surface area contributed by atoms with Crippen molar-refractivity contribution >= 4 is 0 Å². The zero-order valence-corrected chi connectivity index (χ0v) is 10.8. The fourth-order valence-electron chi connectivity index (χ4n) is 2.25. The molecule has 2 rings (SSSR count). The first kappa shape index (κ1) is 12.5. The summed E-state index contributed by atoms with van der Waals surface area (Å²) < 4.78 is 10.8. The van der Waals surface area contributed by atoms with Gasteiger partial charge in [0.05, 0.1) is 0 Å². The zero-order chi connectivity index (χ0) is 12.5. The van der Waals surface area contributed by atoms with Gasteiger partial charge in [-0.05, 0) is 32.6 Å². The number of nitrogens with two attached hydrogens (primary N) is 1. The van der Waals surface area contributed by atoms with Gasteiger partial charge in [-0.15, -0.1) is 0 Å². The largest absolute Gasteiger partial charge is 0.370 e. The van der Waals surface area contributed by atoms with Crippen LogP contribution in [0.2, 0.25) is 0 Å². The lowest BCUT2D eigenvalue weighted by molar-refractivity contribution is -0.0106. The third kappa shape index (κ3) is 2.35. The van der Waals surface area contributed by atoms with E-state index in [1.165, 1.54) is 0 Å². The second-order valence-electron chi connectivity index (χ2n) is 5.01. The van der Waals surface area contributed by atoms with Crippen molar-refractivity contribution in [2.24, 2.45) is 5.73 Å². The van der Waals surface area contributed by atoms with Gasteiger partial charge in [0, 0.05) is 19.1 Å². The molecule has 5 nitrogen and oxygen atoms in total. The van der Waals surface area contributed by atoms with Crippen LogP contribution in [0.4, 0.5) is 0 Å². The minimum Gasteiger partial charge on any atom is -0.370 e. The number of hydrogen-bond acceptors (Lipinski definition) is 5. The first-order chi connectivity index (χ1) is 8.09. The maximum atomic E-state index is 5.89. The van der Waals surface area contributed by atoms with Crippen LogP contribution in [-0.4, -0.2) is 23.3 Å². The van der Waals surface area contributed by atoms with Gasteiger partial charge in [0.25, 0.3) is 0 Å². The molecule has 0 spiro atoms. The molecule has 0 radical (unpaired) electrons. The van der Waals surface area contributed by atoms with E-state index in [0.717, 1.165) is 25.7 Å². The molecule has 0 amide bonds. The van der Waals surface area contributed by atoms with Crippen LogP contribution in [0.5, 0.6) is 0 Å². The quantitative estimate of drug-likeness (QED) is 0.869. The van der Waals surface area contributed by atoms with E-state index in [2.05, 4.69) is 10.1 Å². The van der Waals surface area contributed by atoms with E-state index in [-0.39, 0.29) is 6.04 Å². The molecule has 5 heteroatoms. The van der Waals surface area contributed by atoms with E-state index in [0.29, 0.717) is 17.6 Å². The topological polar surface area (TPSA) is 74.2 Å². The predicted molar refractivity (Wildman–Crippen MR) is 63.5 cm³/mol. The molecule has 1 heterocycles. The number of methoxy groups -OCH3 is 1. The molecule has 1 unspecified atom stereocenters. The highest BCUT2D eigenvalue weighted by Crippen LogP contribution is 2.34. The molecule has 1 aromatic heterocycles. The minimum atomic E-state index is -0.456. The summed E-state index contributed by atoms with van der Waals surface area (Å²) in [6.07, 6.45) is 3.83. The highest BCUT2D eigenvalue weighted by molar-refractivity contribution is 5.04. The Morgan fingerprint density at radius 3 is 2.82 bits per heavy atom. The summed E-state index contributed by atoms with van der Waals surface area (Å²) in [7, 11) is 1.67. The lowest BCUT2D eigenvalue weighted by Crippen LogP contribution is -2.24. The molecule has 0 aliphatic heterocycles. The number of nitrogens with zero attached hydrogens (tertiary/aromatic N) is 2. The number of aromatic nitrogens is 2. The molecular weight excluding hydrogens is 218 g/mol. The van der Waals surface area contributed by atoms with Crippen LogP contribution in [0, 0.1) is 0 Å². The van der Waals surface area contributed by atoms with Crippen molar-refractivity contribution in [1.29, 1.82) is 0 Å². The van der Waals surface area contributed by atoms with Crippen molar-refractivity contribution < 1.29 is 9.26 Å². The average Bonchev–Trinajstić information content (AvgIpc) is 2.96. The van der Waals surface area contributed by atoms with Crippen LogP contribution < -0.4 is 5.73 Å². The third-order valence-electron chi connectivity index (χ3n) is 3.86. The highest BCUT2D eigenvalue weighted by Gasteiger charge is 2.33. The monoisotopic (exact) mass is 239 g/mol. The molecule has 1 aliphatic rings. The first-order valence-corrected chi connectivity index (χ1v) is 6.24. The molecule has 17 heavy (non-hydrogen) atoms. The smallest absolute Gasteiger partial charge is 0.229 e. The highest BCUT2D eigenvalue weighted by atomic mass is 16.5. The Morgan fingerprint density at radius 2 is 2.29 bits per heavy atom. The number of ether oxygens (including phenoxy) is 1. The summed E-state index contributed by atoms with van der Waals surface area (Å²) in [4.78, 5) is 4.48. The summed E-state index contributed by atoms with van der Waals surface area (Å²) >= 11 is 0. The molecule has 1 fully saturated rings. The molecular formula is C12H21N3O2. The van der Waals surface area contributed by atoms with Crippen molar-refractivity contribution in [2.45, 2.75) is 57.1 Å². The summed E-state index contributed by atoms with van der Waals surface area (Å²) in [5.74, 6) is 1.67. The standard InChI is InChI=1S/C12H21N3O2/c1-4-12(2,16-3)11-14-10(17-15-11)8-5-6-9(13)7-8/h8-9H,4-7,13H2,1-3H3/t8-,9+,12?/m1/s1. The predicted octanol–water partition coefficient (Wildman–Crippen LogP) is 1.94. The van der Waals surface area contributed by atoms with Crippen molar-refractivity contribution in [1.82, 2.24) is 10.1 Å². The Labute approximate surface area is 102 Å². The maximum absolute atomic E-state index is 5.89. The van der Waals surface area contributed by atoms with Crippen molar-refractivity contribution in [3.63, 3.8) is 0 Å². The maximum Gasteiger partial charge on any atom is 0.229 e. The van der Waals surface area contributed by atoms with Crippen LogP contribution in [0.25, 0.3) is 0 Å². The molecule has 0 saturated heterocycles. The Balaban J connectivity index is 2.15. The molecule has 1 aliphatic carbocycles. The first-order valence-electron chi connectivity index (χ1n) is 6.24. The Morgan fingerprint density at radius 1 is 1.53 bits per heavy atom. The van der Waals surface area contributed by atoms with E-state index in [4.69, 9.17) is 15.0 Å². The molecule has 1 saturated carbocycles. The molecule has 96 valence electrons. The Hall–Kier alpha value is -0.940. The van der Waals surface area contributed by atoms with Gasteiger partial charge in [0.1, 0.15) is 5.60 Å². The third-order valence-corrected chi connectivity index (χ3v) is 3.86. The normalized spacial score (nSPS) is 28.2. The lowest BCUT2D eigenvalue weighted by atomic mass is 10.0. The molecule has 1 aromatic rings. The van der Waals surface area contributed by atoms with Crippen LogP contribution in [0.3, 0.4) is 0 Å². The Kier molecular flexibility index (Phi) is 3.49. The van der Waals surface area contributed by atoms with Crippen molar-refractivity contribution in [3.05, 3.63) is 11.7 Å². The van der Waals surface area contributed by atoms with E-state index in [9.17, 15) is 0 Å². The van der Waals surface area contributed by atoms with Gasteiger partial charge in [-0.2, -0.15) is 4.98 Å². The van der Waals surface area contributed by atoms with Crippen LogP contribution in [0.1, 0.15) is 57.2 Å². The molecule has 0 aromatic carbocycles. The minimum absolute atomic E-state index is 0.273. The van der Waals surface area contributed by atoms with Gasteiger partial charge in [0.2, 0.25) is 11.7 Å². The number of rotatable bonds is 4. The zero-order valence-electron chi connectivity index (χ0n) is 10.8. The summed E-state index contributed by atoms with van der Waals surface area (Å²) in [5, 5.41) is 4.05. The fourth-order valence-corrected chi connectivity index (χ4v) is 2.25. The SMILES string of the molecule is CCC(C)(OC)c1noc([C@@H]2CC[C@H](N)C2)n1. The van der Waals surface area contributed by atoms with E-state index >= 15 is 0 Å². The summed E-state index contributed by atoms with van der Waals surface area (Å²) in [5.41, 5.74) is 5.44. The van der Waals surface area contributed by atoms with E-state index in [1.807, 2.05) is 13.8 Å². The molecule has 2 N–H and O–H groups in total. The summed E-state index contributed by atoms with van der Waals surface area (Å²) in [6, 6.07) is 0.273. The molecule has 0 bridgehead atoms. The van der Waals surface area contributed by atoms with Crippen LogP contribution in [-0.2, 0) is 10.3 Å². The van der Waals surface area contributed by atoms with Crippen molar-refractivity contribution in [3.8, 4) is 0 Å². The Bertz CT molecular complexity index is 374. The molecule has 3 atom stereocenters. The second kappa shape index (κ2) is 4.74. The van der Waals surface area contributed by atoms with Gasteiger partial charge < -0.3 is 15.0 Å². The van der Waals surface area contributed by atoms with Gasteiger partial charge in [-0.25, -0.2) is 0 Å². The van der Waals surface area contributed by atoms with E-state index in [1.54, 1.807) is 7.11 Å². The van der Waals surface area contributed by atoms with Gasteiger partial charge in [0.15, 0.2) is 0 Å². The second-order valence-corrected chi connectivity index (χ2v) is 5.01. The van der Waals surface area contributed by atoms with Crippen LogP contribution >= 0.6 is 0 Å². The van der Waals surface area contributed by atoms with Gasteiger partial charge in [-0.1, -0.05) is 12.1 Å². The number of hydrogen-bond donors (Lipinski definition) is 1.